The van der Waals surface area contributed by atoms with Crippen LogP contribution in [-0.2, 0) is 11.3 Å². The van der Waals surface area contributed by atoms with Crippen molar-refractivity contribution in [3.8, 4) is 0 Å². The molecule has 6 heteroatoms. The molecule has 1 saturated heterocycles. The number of aliphatic imine (C=N–C) groups is 1. The Morgan fingerprint density at radius 2 is 1.91 bits per heavy atom. The monoisotopic (exact) mass is 336 g/mol. The molecule has 1 aromatic carbocycles. The number of halogens is 1. The number of nitrogens with zero attached hydrogens (tertiary/aromatic N) is 3. The molecule has 0 aromatic heterocycles. The van der Waals surface area contributed by atoms with E-state index in [1.54, 1.807) is 7.05 Å². The van der Waals surface area contributed by atoms with Crippen LogP contribution in [0.25, 0.3) is 0 Å². The molecule has 1 N–H and O–H groups in total. The van der Waals surface area contributed by atoms with Crippen LogP contribution in [0.1, 0.15) is 24.8 Å². The zero-order chi connectivity index (χ0) is 16.7. The molecule has 0 saturated carbocycles. The molecule has 1 fully saturated rings. The fourth-order valence-electron chi connectivity index (χ4n) is 2.73. The molecule has 1 aliphatic rings. The van der Waals surface area contributed by atoms with Gasteiger partial charge in [0.05, 0.1) is 6.54 Å². The van der Waals surface area contributed by atoms with E-state index in [1.165, 1.54) is 6.42 Å². The summed E-state index contributed by atoms with van der Waals surface area (Å²) in [7, 11) is 3.68. The van der Waals surface area contributed by atoms with Gasteiger partial charge in [0.25, 0.3) is 0 Å². The Labute approximate surface area is 143 Å². The normalized spacial score (nSPS) is 15.4. The highest BCUT2D eigenvalue weighted by Crippen LogP contribution is 2.11. The van der Waals surface area contributed by atoms with Crippen LogP contribution >= 0.6 is 11.6 Å². The molecule has 1 aromatic rings. The van der Waals surface area contributed by atoms with Crippen LogP contribution in [0.3, 0.4) is 0 Å². The summed E-state index contributed by atoms with van der Waals surface area (Å²) in [5.74, 6) is 0.857. The van der Waals surface area contributed by atoms with Crippen molar-refractivity contribution in [3.05, 3.63) is 34.9 Å². The van der Waals surface area contributed by atoms with Gasteiger partial charge in [-0.1, -0.05) is 23.7 Å². The van der Waals surface area contributed by atoms with Crippen molar-refractivity contribution >= 4 is 23.5 Å². The standard InChI is InChI=1S/C17H25ClN4O/c1-19-17(20-12-16(23)22-10-4-3-5-11-22)21(2)13-14-6-8-15(18)9-7-14/h6-9H,3-5,10-13H2,1-2H3,(H,19,20). The minimum Gasteiger partial charge on any atom is -0.347 e. The number of hydrogen-bond acceptors (Lipinski definition) is 2. The number of carbonyl (C=O) groups excluding carboxylic acids is 1. The van der Waals surface area contributed by atoms with Gasteiger partial charge in [-0.2, -0.15) is 0 Å². The maximum absolute atomic E-state index is 12.2. The smallest absolute Gasteiger partial charge is 0.241 e. The van der Waals surface area contributed by atoms with Crippen molar-refractivity contribution in [1.29, 1.82) is 0 Å². The van der Waals surface area contributed by atoms with E-state index in [0.29, 0.717) is 12.5 Å². The third-order valence-corrected chi connectivity index (χ3v) is 4.26. The molecule has 0 bridgehead atoms. The van der Waals surface area contributed by atoms with Gasteiger partial charge in [0.1, 0.15) is 0 Å². The van der Waals surface area contributed by atoms with E-state index >= 15 is 0 Å². The molecular weight excluding hydrogens is 312 g/mol. The molecule has 1 amide bonds. The van der Waals surface area contributed by atoms with Gasteiger partial charge >= 0.3 is 0 Å². The van der Waals surface area contributed by atoms with Gasteiger partial charge in [-0.25, -0.2) is 0 Å². The molecule has 5 nitrogen and oxygen atoms in total. The highest BCUT2D eigenvalue weighted by molar-refractivity contribution is 6.30. The van der Waals surface area contributed by atoms with Crippen LogP contribution < -0.4 is 5.32 Å². The van der Waals surface area contributed by atoms with Crippen molar-refractivity contribution in [2.24, 2.45) is 4.99 Å². The molecule has 0 spiro atoms. The number of hydrogen-bond donors (Lipinski definition) is 1. The molecule has 126 valence electrons. The summed E-state index contributed by atoms with van der Waals surface area (Å²) in [6.45, 7) is 2.74. The summed E-state index contributed by atoms with van der Waals surface area (Å²) < 4.78 is 0. The zero-order valence-electron chi connectivity index (χ0n) is 13.9. The Morgan fingerprint density at radius 1 is 1.26 bits per heavy atom. The minimum atomic E-state index is 0.144. The van der Waals surface area contributed by atoms with Gasteiger partial charge in [-0.05, 0) is 37.0 Å². The lowest BCUT2D eigenvalue weighted by Crippen LogP contribution is -2.46. The third kappa shape index (κ3) is 5.43. The topological polar surface area (TPSA) is 47.9 Å². The Hall–Kier alpha value is -1.75. The number of nitrogens with one attached hydrogen (secondary N) is 1. The van der Waals surface area contributed by atoms with E-state index in [-0.39, 0.29) is 12.5 Å². The largest absolute Gasteiger partial charge is 0.347 e. The van der Waals surface area contributed by atoms with Crippen molar-refractivity contribution in [1.82, 2.24) is 15.1 Å². The molecule has 2 rings (SSSR count). The molecular formula is C17H25ClN4O. The van der Waals surface area contributed by atoms with Crippen LogP contribution in [0, 0.1) is 0 Å². The predicted octanol–water partition coefficient (Wildman–Crippen LogP) is 2.36. The van der Waals surface area contributed by atoms with Crippen molar-refractivity contribution in [2.45, 2.75) is 25.8 Å². The third-order valence-electron chi connectivity index (χ3n) is 4.01. The lowest BCUT2D eigenvalue weighted by atomic mass is 10.1. The second kappa shape index (κ2) is 8.77. The van der Waals surface area contributed by atoms with E-state index in [4.69, 9.17) is 11.6 Å². The molecule has 1 heterocycles. The number of rotatable bonds is 4. The lowest BCUT2D eigenvalue weighted by molar-refractivity contribution is -0.130. The number of carbonyl (C=O) groups is 1. The van der Waals surface area contributed by atoms with E-state index < -0.39 is 0 Å². The average molecular weight is 337 g/mol. The fourth-order valence-corrected chi connectivity index (χ4v) is 2.86. The minimum absolute atomic E-state index is 0.144. The summed E-state index contributed by atoms with van der Waals surface area (Å²) in [5, 5.41) is 3.88. The average Bonchev–Trinajstić information content (AvgIpc) is 2.58. The zero-order valence-corrected chi connectivity index (χ0v) is 14.6. The van der Waals surface area contributed by atoms with Gasteiger partial charge in [-0.3, -0.25) is 9.79 Å². The first kappa shape index (κ1) is 17.6. The molecule has 0 atom stereocenters. The first-order valence-corrected chi connectivity index (χ1v) is 8.42. The second-order valence-electron chi connectivity index (χ2n) is 5.82. The van der Waals surface area contributed by atoms with E-state index in [1.807, 2.05) is 41.1 Å². The first-order valence-electron chi connectivity index (χ1n) is 8.04. The summed E-state index contributed by atoms with van der Waals surface area (Å²) in [6, 6.07) is 7.73. The maximum Gasteiger partial charge on any atom is 0.241 e. The van der Waals surface area contributed by atoms with Crippen molar-refractivity contribution in [3.63, 3.8) is 0 Å². The number of amides is 1. The number of guanidine groups is 1. The van der Waals surface area contributed by atoms with Crippen LogP contribution in [0.15, 0.2) is 29.3 Å². The molecule has 0 radical (unpaired) electrons. The van der Waals surface area contributed by atoms with Gasteiger partial charge < -0.3 is 15.1 Å². The Morgan fingerprint density at radius 3 is 2.52 bits per heavy atom. The van der Waals surface area contributed by atoms with Crippen LogP contribution in [0.2, 0.25) is 5.02 Å². The molecule has 1 aliphatic heterocycles. The Bertz CT molecular complexity index is 538. The van der Waals surface area contributed by atoms with Crippen LogP contribution in [0.4, 0.5) is 0 Å². The van der Waals surface area contributed by atoms with Crippen LogP contribution in [-0.4, -0.2) is 55.4 Å². The highest BCUT2D eigenvalue weighted by Gasteiger charge is 2.17. The SMILES string of the molecule is CN=C(NCC(=O)N1CCCCC1)N(C)Cc1ccc(Cl)cc1. The first-order chi connectivity index (χ1) is 11.1. The van der Waals surface area contributed by atoms with Gasteiger partial charge in [-0.15, -0.1) is 0 Å². The summed E-state index contributed by atoms with van der Waals surface area (Å²) in [4.78, 5) is 20.4. The van der Waals surface area contributed by atoms with E-state index in [2.05, 4.69) is 10.3 Å². The number of piperidine rings is 1. The predicted molar refractivity (Wildman–Crippen MR) is 94.7 cm³/mol. The van der Waals surface area contributed by atoms with Gasteiger partial charge in [0.2, 0.25) is 5.91 Å². The molecule has 0 unspecified atom stereocenters. The summed E-state index contributed by atoms with van der Waals surface area (Å²) in [6.07, 6.45) is 3.44. The van der Waals surface area contributed by atoms with E-state index in [9.17, 15) is 4.79 Å². The Kier molecular flexibility index (Phi) is 6.71. The summed E-state index contributed by atoms with van der Waals surface area (Å²) >= 11 is 5.90. The van der Waals surface area contributed by atoms with Crippen LogP contribution in [0.5, 0.6) is 0 Å². The number of benzene rings is 1. The van der Waals surface area contributed by atoms with Gasteiger partial charge in [0, 0.05) is 38.8 Å². The molecule has 23 heavy (non-hydrogen) atoms. The summed E-state index contributed by atoms with van der Waals surface area (Å²) in [5.41, 5.74) is 1.14. The van der Waals surface area contributed by atoms with Gasteiger partial charge in [0.15, 0.2) is 5.96 Å². The lowest BCUT2D eigenvalue weighted by Gasteiger charge is -2.28. The quantitative estimate of drug-likeness (QED) is 0.678. The second-order valence-corrected chi connectivity index (χ2v) is 6.26. The molecule has 0 aliphatic carbocycles. The van der Waals surface area contributed by atoms with Crippen molar-refractivity contribution < 1.29 is 4.79 Å². The fraction of sp³-hybridized carbons (Fsp3) is 0.529. The number of likely N-dealkylation sites (tertiary alicyclic amines) is 1. The Balaban J connectivity index is 1.84. The van der Waals surface area contributed by atoms with Crippen molar-refractivity contribution in [2.75, 3.05) is 33.7 Å². The highest BCUT2D eigenvalue weighted by atomic mass is 35.5. The van der Waals surface area contributed by atoms with E-state index in [0.717, 1.165) is 36.5 Å². The maximum atomic E-state index is 12.2.